The zero-order valence-electron chi connectivity index (χ0n) is 15.1. The summed E-state index contributed by atoms with van der Waals surface area (Å²) in [6.45, 7) is 0. The minimum atomic E-state index is 0.0931. The molecule has 0 amide bonds. The molecule has 1 saturated carbocycles. The number of nitrogens with zero attached hydrogens (tertiary/aromatic N) is 2. The van der Waals surface area contributed by atoms with Gasteiger partial charge >= 0.3 is 0 Å². The molecule has 4 nitrogen and oxygen atoms in total. The summed E-state index contributed by atoms with van der Waals surface area (Å²) in [5, 5.41) is 7.26. The highest BCUT2D eigenvalue weighted by Gasteiger charge is 2.42. The van der Waals surface area contributed by atoms with Crippen molar-refractivity contribution >= 4 is 17.5 Å². The fourth-order valence-electron chi connectivity index (χ4n) is 4.25. The van der Waals surface area contributed by atoms with Crippen LogP contribution in [0, 0.1) is 5.92 Å². The third-order valence-corrected chi connectivity index (χ3v) is 5.47. The van der Waals surface area contributed by atoms with Crippen molar-refractivity contribution in [3.63, 3.8) is 0 Å². The van der Waals surface area contributed by atoms with Gasteiger partial charge in [-0.3, -0.25) is 5.01 Å². The van der Waals surface area contributed by atoms with Gasteiger partial charge in [0.05, 0.1) is 23.9 Å². The maximum Gasteiger partial charge on any atom is 0.129 e. The van der Waals surface area contributed by atoms with Crippen LogP contribution in [0.3, 0.4) is 0 Å². The molecule has 3 aromatic rings. The molecule has 0 bridgehead atoms. The second kappa shape index (κ2) is 6.95. The van der Waals surface area contributed by atoms with Crippen LogP contribution < -0.4 is 5.01 Å². The molecule has 0 radical (unpaired) electrons. The maximum atomic E-state index is 5.85. The van der Waals surface area contributed by atoms with E-state index in [0.29, 0.717) is 5.92 Å². The van der Waals surface area contributed by atoms with Crippen molar-refractivity contribution < 1.29 is 8.83 Å². The fourth-order valence-corrected chi connectivity index (χ4v) is 4.25. The Hall–Kier alpha value is -3.01. The van der Waals surface area contributed by atoms with E-state index in [0.717, 1.165) is 30.0 Å². The molecule has 0 N–H and O–H groups in total. The minimum Gasteiger partial charge on any atom is -0.467 e. The Morgan fingerprint density at radius 1 is 0.926 bits per heavy atom. The predicted molar refractivity (Wildman–Crippen MR) is 106 cm³/mol. The molecule has 1 aliphatic carbocycles. The summed E-state index contributed by atoms with van der Waals surface area (Å²) in [5.41, 5.74) is 3.55. The number of anilines is 1. The number of hydrazone groups is 1. The topological polar surface area (TPSA) is 41.9 Å². The van der Waals surface area contributed by atoms with Crippen molar-refractivity contribution in [2.24, 2.45) is 11.0 Å². The zero-order chi connectivity index (χ0) is 18.1. The van der Waals surface area contributed by atoms with Crippen molar-refractivity contribution in [1.82, 2.24) is 0 Å². The molecular formula is C23H22N2O2. The Balaban J connectivity index is 1.61. The van der Waals surface area contributed by atoms with E-state index in [2.05, 4.69) is 41.4 Å². The highest BCUT2D eigenvalue weighted by Crippen LogP contribution is 2.45. The smallest absolute Gasteiger partial charge is 0.129 e. The summed E-state index contributed by atoms with van der Waals surface area (Å²) in [6, 6.07) is 18.4. The standard InChI is InChI=1S/C23H22N2O2/c1-2-9-18(10-3-1)25-23(21-13-7-15-27-21)20-12-5-4-8-17(22(20)24-25)16-19-11-6-14-26-19/h1-3,6-7,9-11,13-16,20,23H,4-5,8,12H2/b17-16+. The Bertz CT molecular complexity index is 940. The molecule has 1 fully saturated rings. The first kappa shape index (κ1) is 16.2. The largest absolute Gasteiger partial charge is 0.467 e. The summed E-state index contributed by atoms with van der Waals surface area (Å²) in [7, 11) is 0. The number of furan rings is 2. The van der Waals surface area contributed by atoms with Gasteiger partial charge in [0, 0.05) is 5.92 Å². The fraction of sp³-hybridized carbons (Fsp3) is 0.261. The van der Waals surface area contributed by atoms with E-state index >= 15 is 0 Å². The Labute approximate surface area is 158 Å². The molecule has 0 saturated heterocycles. The number of allylic oxidation sites excluding steroid dienone is 1. The van der Waals surface area contributed by atoms with E-state index < -0.39 is 0 Å². The number of hydrogen-bond acceptors (Lipinski definition) is 4. The SMILES string of the molecule is C(=C1/CCCCC2C1=NN(c1ccccc1)C2c1ccco1)/c1ccco1. The van der Waals surface area contributed by atoms with Gasteiger partial charge in [0.2, 0.25) is 0 Å². The zero-order valence-corrected chi connectivity index (χ0v) is 15.1. The molecule has 27 heavy (non-hydrogen) atoms. The molecule has 0 spiro atoms. The maximum absolute atomic E-state index is 5.85. The van der Waals surface area contributed by atoms with E-state index in [1.807, 2.05) is 24.3 Å². The first-order valence-electron chi connectivity index (χ1n) is 9.61. The van der Waals surface area contributed by atoms with E-state index in [-0.39, 0.29) is 6.04 Å². The first-order chi connectivity index (χ1) is 13.4. The van der Waals surface area contributed by atoms with E-state index in [1.54, 1.807) is 12.5 Å². The average Bonchev–Trinajstić information content (AvgIpc) is 3.43. The monoisotopic (exact) mass is 358 g/mol. The van der Waals surface area contributed by atoms with Gasteiger partial charge < -0.3 is 8.83 Å². The molecule has 1 aromatic carbocycles. The molecule has 1 aliphatic heterocycles. The summed E-state index contributed by atoms with van der Waals surface area (Å²) < 4.78 is 11.4. The number of hydrogen-bond donors (Lipinski definition) is 0. The second-order valence-corrected chi connectivity index (χ2v) is 7.16. The van der Waals surface area contributed by atoms with Crippen LogP contribution in [0.15, 0.2) is 86.6 Å². The molecule has 136 valence electrons. The molecule has 2 unspecified atom stereocenters. The van der Waals surface area contributed by atoms with Crippen molar-refractivity contribution in [2.75, 3.05) is 5.01 Å². The van der Waals surface area contributed by atoms with Crippen LogP contribution in [0.25, 0.3) is 6.08 Å². The van der Waals surface area contributed by atoms with Gasteiger partial charge in [-0.15, -0.1) is 0 Å². The summed E-state index contributed by atoms with van der Waals surface area (Å²) >= 11 is 0. The van der Waals surface area contributed by atoms with Gasteiger partial charge in [0.15, 0.2) is 0 Å². The molecule has 5 rings (SSSR count). The van der Waals surface area contributed by atoms with Crippen LogP contribution in [-0.4, -0.2) is 5.71 Å². The number of rotatable bonds is 3. The highest BCUT2D eigenvalue weighted by molar-refractivity contribution is 6.07. The number of fused-ring (bicyclic) bond motifs is 1. The average molecular weight is 358 g/mol. The summed E-state index contributed by atoms with van der Waals surface area (Å²) in [5.74, 6) is 2.18. The van der Waals surface area contributed by atoms with Gasteiger partial charge in [-0.1, -0.05) is 24.6 Å². The quantitative estimate of drug-likeness (QED) is 0.571. The van der Waals surface area contributed by atoms with E-state index in [1.165, 1.54) is 24.1 Å². The lowest BCUT2D eigenvalue weighted by atomic mass is 9.87. The van der Waals surface area contributed by atoms with Crippen molar-refractivity contribution in [3.05, 3.63) is 84.2 Å². The van der Waals surface area contributed by atoms with Gasteiger partial charge in [-0.2, -0.15) is 5.10 Å². The molecule has 2 aliphatic rings. The van der Waals surface area contributed by atoms with Gasteiger partial charge in [-0.25, -0.2) is 0 Å². The van der Waals surface area contributed by atoms with Crippen LogP contribution in [-0.2, 0) is 0 Å². The lowest BCUT2D eigenvalue weighted by Crippen LogP contribution is -2.25. The molecular weight excluding hydrogens is 336 g/mol. The predicted octanol–water partition coefficient (Wildman–Crippen LogP) is 6.06. The van der Waals surface area contributed by atoms with Gasteiger partial charge in [0.25, 0.3) is 0 Å². The van der Waals surface area contributed by atoms with Crippen molar-refractivity contribution in [2.45, 2.75) is 31.7 Å². The van der Waals surface area contributed by atoms with Crippen molar-refractivity contribution in [1.29, 1.82) is 0 Å². The molecule has 4 heteroatoms. The van der Waals surface area contributed by atoms with Gasteiger partial charge in [-0.05, 0) is 67.3 Å². The van der Waals surface area contributed by atoms with Crippen LogP contribution in [0.2, 0.25) is 0 Å². The molecule has 2 atom stereocenters. The Morgan fingerprint density at radius 3 is 2.56 bits per heavy atom. The highest BCUT2D eigenvalue weighted by atomic mass is 16.3. The second-order valence-electron chi connectivity index (χ2n) is 7.16. The van der Waals surface area contributed by atoms with Crippen molar-refractivity contribution in [3.8, 4) is 0 Å². The number of benzene rings is 1. The number of para-hydroxylation sites is 1. The summed E-state index contributed by atoms with van der Waals surface area (Å²) in [4.78, 5) is 0. The normalized spacial score (nSPS) is 23.9. The van der Waals surface area contributed by atoms with Crippen LogP contribution in [0.1, 0.15) is 43.2 Å². The summed E-state index contributed by atoms with van der Waals surface area (Å²) in [6.07, 6.45) is 10.2. The van der Waals surface area contributed by atoms with E-state index in [4.69, 9.17) is 13.9 Å². The lowest BCUT2D eigenvalue weighted by Gasteiger charge is -2.26. The Kier molecular flexibility index (Phi) is 4.17. The van der Waals surface area contributed by atoms with Crippen LogP contribution in [0.4, 0.5) is 5.69 Å². The molecule has 2 aromatic heterocycles. The van der Waals surface area contributed by atoms with E-state index in [9.17, 15) is 0 Å². The van der Waals surface area contributed by atoms with Gasteiger partial charge in [0.1, 0.15) is 17.6 Å². The lowest BCUT2D eigenvalue weighted by molar-refractivity contribution is 0.404. The molecule has 3 heterocycles. The first-order valence-corrected chi connectivity index (χ1v) is 9.61. The third kappa shape index (κ3) is 3.01. The minimum absolute atomic E-state index is 0.0931. The Morgan fingerprint density at radius 2 is 1.78 bits per heavy atom. The third-order valence-electron chi connectivity index (χ3n) is 5.47. The van der Waals surface area contributed by atoms with Crippen LogP contribution in [0.5, 0.6) is 0 Å². The van der Waals surface area contributed by atoms with Crippen LogP contribution >= 0.6 is 0 Å².